The van der Waals surface area contributed by atoms with Gasteiger partial charge in [-0.3, -0.25) is 0 Å². The van der Waals surface area contributed by atoms with Gasteiger partial charge in [-0.2, -0.15) is 0 Å². The van der Waals surface area contributed by atoms with E-state index in [1.54, 1.807) is 22.7 Å². The minimum atomic E-state index is -0.242. The summed E-state index contributed by atoms with van der Waals surface area (Å²) in [4.78, 5) is 3.51. The van der Waals surface area contributed by atoms with Gasteiger partial charge >= 0.3 is 0 Å². The Morgan fingerprint density at radius 1 is 1.29 bits per heavy atom. The van der Waals surface area contributed by atoms with Crippen LogP contribution in [0.4, 0.5) is 0 Å². The van der Waals surface area contributed by atoms with Crippen LogP contribution in [0.3, 0.4) is 0 Å². The zero-order valence-electron chi connectivity index (χ0n) is 7.51. The van der Waals surface area contributed by atoms with E-state index in [1.807, 2.05) is 12.1 Å². The van der Waals surface area contributed by atoms with Gasteiger partial charge in [-0.1, -0.05) is 6.07 Å². The largest absolute Gasteiger partial charge is 0.394 e. The summed E-state index contributed by atoms with van der Waals surface area (Å²) in [6, 6.07) is 7.92. The first kappa shape index (κ1) is 9.86. The van der Waals surface area contributed by atoms with Gasteiger partial charge in [-0.05, 0) is 23.6 Å². The molecule has 4 heteroatoms. The number of hydrogen-bond acceptors (Lipinski definition) is 4. The molecule has 0 aliphatic rings. The summed E-state index contributed by atoms with van der Waals surface area (Å²) in [5, 5.41) is 11.0. The lowest BCUT2D eigenvalue weighted by Gasteiger charge is -2.02. The summed E-state index contributed by atoms with van der Waals surface area (Å²) < 4.78 is 0. The number of rotatable bonds is 3. The molecule has 14 heavy (non-hydrogen) atoms. The Morgan fingerprint density at radius 3 is 2.79 bits per heavy atom. The molecule has 3 N–H and O–H groups in total. The summed E-state index contributed by atoms with van der Waals surface area (Å²) in [6.07, 6.45) is 0. The van der Waals surface area contributed by atoms with Crippen molar-refractivity contribution in [2.45, 2.75) is 6.04 Å². The minimum Gasteiger partial charge on any atom is -0.394 e. The van der Waals surface area contributed by atoms with Crippen molar-refractivity contribution in [2.75, 3.05) is 6.61 Å². The zero-order valence-corrected chi connectivity index (χ0v) is 9.15. The van der Waals surface area contributed by atoms with E-state index >= 15 is 0 Å². The second kappa shape index (κ2) is 4.23. The lowest BCUT2D eigenvalue weighted by Crippen LogP contribution is -2.12. The Hall–Kier alpha value is -0.680. The van der Waals surface area contributed by atoms with Crippen molar-refractivity contribution in [3.8, 4) is 9.75 Å². The molecule has 1 atom stereocenters. The van der Waals surface area contributed by atoms with Crippen molar-refractivity contribution in [1.29, 1.82) is 0 Å². The fourth-order valence-electron chi connectivity index (χ4n) is 1.19. The Kier molecular flexibility index (Phi) is 2.98. The molecule has 0 spiro atoms. The van der Waals surface area contributed by atoms with Crippen LogP contribution in [-0.2, 0) is 0 Å². The van der Waals surface area contributed by atoms with Crippen molar-refractivity contribution >= 4 is 22.7 Å². The zero-order chi connectivity index (χ0) is 9.97. The standard InChI is InChI=1S/C10H11NOS2/c11-7(6-12)8-3-4-10(14-8)9-2-1-5-13-9/h1-5,7,12H,6,11H2/t7-/m1/s1. The predicted octanol–water partition coefficient (Wildman–Crippen LogP) is 2.47. The number of aliphatic hydroxyl groups is 1. The fraction of sp³-hybridized carbons (Fsp3) is 0.200. The third kappa shape index (κ3) is 1.88. The molecule has 2 aromatic rings. The van der Waals surface area contributed by atoms with Gasteiger partial charge in [0.25, 0.3) is 0 Å². The molecule has 0 fully saturated rings. The molecule has 0 aliphatic heterocycles. The van der Waals surface area contributed by atoms with Gasteiger partial charge in [-0.15, -0.1) is 22.7 Å². The highest BCUT2D eigenvalue weighted by Gasteiger charge is 2.09. The maximum Gasteiger partial charge on any atom is 0.0632 e. The summed E-state index contributed by atoms with van der Waals surface area (Å²) >= 11 is 3.36. The van der Waals surface area contributed by atoms with Crippen LogP contribution in [0, 0.1) is 0 Å². The van der Waals surface area contributed by atoms with Crippen LogP contribution in [0.5, 0.6) is 0 Å². The topological polar surface area (TPSA) is 46.2 Å². The first-order valence-corrected chi connectivity index (χ1v) is 6.01. The van der Waals surface area contributed by atoms with Crippen LogP contribution >= 0.6 is 22.7 Å². The molecular formula is C10H11NOS2. The third-order valence-electron chi connectivity index (χ3n) is 1.95. The first-order valence-electron chi connectivity index (χ1n) is 4.31. The molecule has 2 rings (SSSR count). The molecule has 74 valence electrons. The first-order chi connectivity index (χ1) is 6.81. The Balaban J connectivity index is 2.26. The van der Waals surface area contributed by atoms with E-state index in [9.17, 15) is 0 Å². The maximum atomic E-state index is 8.91. The SMILES string of the molecule is N[C@H](CO)c1ccc(-c2cccs2)s1. The maximum absolute atomic E-state index is 8.91. The molecule has 2 nitrogen and oxygen atoms in total. The minimum absolute atomic E-state index is 0.00436. The Morgan fingerprint density at radius 2 is 2.14 bits per heavy atom. The van der Waals surface area contributed by atoms with Gasteiger partial charge in [-0.25, -0.2) is 0 Å². The number of thiophene rings is 2. The highest BCUT2D eigenvalue weighted by atomic mass is 32.1. The van der Waals surface area contributed by atoms with Gasteiger partial charge in [0.05, 0.1) is 12.6 Å². The normalized spacial score (nSPS) is 13.0. The molecule has 0 unspecified atom stereocenters. The van der Waals surface area contributed by atoms with Crippen LogP contribution in [-0.4, -0.2) is 11.7 Å². The average molecular weight is 225 g/mol. The van der Waals surface area contributed by atoms with E-state index in [0.717, 1.165) is 4.88 Å². The molecular weight excluding hydrogens is 214 g/mol. The van der Waals surface area contributed by atoms with E-state index in [4.69, 9.17) is 10.8 Å². The molecule has 2 heterocycles. The van der Waals surface area contributed by atoms with E-state index in [1.165, 1.54) is 9.75 Å². The predicted molar refractivity (Wildman–Crippen MR) is 61.6 cm³/mol. The fourth-order valence-corrected chi connectivity index (χ4v) is 3.03. The molecule has 0 saturated carbocycles. The van der Waals surface area contributed by atoms with Crippen molar-refractivity contribution in [1.82, 2.24) is 0 Å². The lowest BCUT2D eigenvalue weighted by atomic mass is 10.3. The Bertz CT molecular complexity index is 394. The smallest absolute Gasteiger partial charge is 0.0632 e. The van der Waals surface area contributed by atoms with Crippen molar-refractivity contribution in [2.24, 2.45) is 5.73 Å². The van der Waals surface area contributed by atoms with E-state index in [0.29, 0.717) is 0 Å². The van der Waals surface area contributed by atoms with E-state index < -0.39 is 0 Å². The molecule has 0 radical (unpaired) electrons. The van der Waals surface area contributed by atoms with Crippen molar-refractivity contribution < 1.29 is 5.11 Å². The molecule has 0 aromatic carbocycles. The van der Waals surface area contributed by atoms with Crippen LogP contribution in [0.25, 0.3) is 9.75 Å². The van der Waals surface area contributed by atoms with Crippen LogP contribution in [0.2, 0.25) is 0 Å². The van der Waals surface area contributed by atoms with Gasteiger partial charge in [0, 0.05) is 14.6 Å². The summed E-state index contributed by atoms with van der Waals surface area (Å²) in [7, 11) is 0. The number of nitrogens with two attached hydrogens (primary N) is 1. The average Bonchev–Trinajstić information content (AvgIpc) is 2.86. The van der Waals surface area contributed by atoms with Crippen LogP contribution in [0.1, 0.15) is 10.9 Å². The molecule has 0 saturated heterocycles. The van der Waals surface area contributed by atoms with E-state index in [2.05, 4.69) is 17.5 Å². The number of aliphatic hydroxyl groups excluding tert-OH is 1. The van der Waals surface area contributed by atoms with Crippen molar-refractivity contribution in [3.63, 3.8) is 0 Å². The highest BCUT2D eigenvalue weighted by molar-refractivity contribution is 7.21. The summed E-state index contributed by atoms with van der Waals surface area (Å²) in [5.41, 5.74) is 5.72. The quantitative estimate of drug-likeness (QED) is 0.843. The summed E-state index contributed by atoms with van der Waals surface area (Å²) in [5.74, 6) is 0. The van der Waals surface area contributed by atoms with Gasteiger partial charge in [0.15, 0.2) is 0 Å². The number of hydrogen-bond donors (Lipinski definition) is 2. The summed E-state index contributed by atoms with van der Waals surface area (Å²) in [6.45, 7) is 0.00436. The monoisotopic (exact) mass is 225 g/mol. The van der Waals surface area contributed by atoms with E-state index in [-0.39, 0.29) is 12.6 Å². The molecule has 0 bridgehead atoms. The third-order valence-corrected chi connectivity index (χ3v) is 4.24. The van der Waals surface area contributed by atoms with Crippen molar-refractivity contribution in [3.05, 3.63) is 34.5 Å². The van der Waals surface area contributed by atoms with Crippen LogP contribution < -0.4 is 5.73 Å². The lowest BCUT2D eigenvalue weighted by molar-refractivity contribution is 0.269. The van der Waals surface area contributed by atoms with Gasteiger partial charge in [0.2, 0.25) is 0 Å². The second-order valence-electron chi connectivity index (χ2n) is 2.97. The van der Waals surface area contributed by atoms with Gasteiger partial charge < -0.3 is 10.8 Å². The second-order valence-corrected chi connectivity index (χ2v) is 5.03. The molecule has 2 aromatic heterocycles. The highest BCUT2D eigenvalue weighted by Crippen LogP contribution is 2.33. The molecule has 0 amide bonds. The Labute approximate surface area is 90.6 Å². The molecule has 0 aliphatic carbocycles. The van der Waals surface area contributed by atoms with Gasteiger partial charge in [0.1, 0.15) is 0 Å². The van der Waals surface area contributed by atoms with Crippen LogP contribution in [0.15, 0.2) is 29.6 Å².